The highest BCUT2D eigenvalue weighted by Gasteiger charge is 2.20. The van der Waals surface area contributed by atoms with Crippen LogP contribution in [0.15, 0.2) is 18.3 Å². The number of unbranched alkanes of at least 4 members (excludes halogenated alkanes) is 1. The van der Waals surface area contributed by atoms with Crippen molar-refractivity contribution in [1.82, 2.24) is 9.29 Å². The van der Waals surface area contributed by atoms with Gasteiger partial charge in [0, 0.05) is 19.8 Å². The minimum absolute atomic E-state index is 0.182. The molecule has 0 fully saturated rings. The number of carboxylic acids is 1. The van der Waals surface area contributed by atoms with Crippen molar-refractivity contribution >= 4 is 22.0 Å². The first-order valence-electron chi connectivity index (χ1n) is 5.81. The molecule has 0 amide bonds. The summed E-state index contributed by atoms with van der Waals surface area (Å²) < 4.78 is 27.2. The van der Waals surface area contributed by atoms with Crippen molar-refractivity contribution in [3.63, 3.8) is 0 Å². The van der Waals surface area contributed by atoms with E-state index in [1.54, 1.807) is 0 Å². The zero-order chi connectivity index (χ0) is 14.5. The molecule has 7 nitrogen and oxygen atoms in total. The molecule has 106 valence electrons. The Kier molecular flexibility index (Phi) is 5.25. The molecule has 1 aromatic heterocycles. The molecule has 0 unspecified atom stereocenters. The lowest BCUT2D eigenvalue weighted by Crippen LogP contribution is -2.34. The Bertz CT molecular complexity index is 545. The first-order valence-corrected chi connectivity index (χ1v) is 7.25. The van der Waals surface area contributed by atoms with Gasteiger partial charge in [-0.05, 0) is 18.6 Å². The Morgan fingerprint density at radius 2 is 2.21 bits per heavy atom. The number of nitrogens with zero attached hydrogens (tertiary/aromatic N) is 2. The van der Waals surface area contributed by atoms with Crippen molar-refractivity contribution in [2.24, 2.45) is 0 Å². The summed E-state index contributed by atoms with van der Waals surface area (Å²) in [5.74, 6) is -1.42. The molecule has 1 aromatic rings. The maximum atomic E-state index is 12.0. The van der Waals surface area contributed by atoms with Gasteiger partial charge in [-0.2, -0.15) is 12.7 Å². The number of aromatic nitrogens is 1. The van der Waals surface area contributed by atoms with Crippen LogP contribution >= 0.6 is 0 Å². The van der Waals surface area contributed by atoms with E-state index < -0.39 is 16.2 Å². The first kappa shape index (κ1) is 15.4. The molecular formula is C11H17N3O4S. The van der Waals surface area contributed by atoms with E-state index in [1.807, 2.05) is 6.92 Å². The molecule has 0 aliphatic carbocycles. The molecule has 0 atom stereocenters. The maximum absolute atomic E-state index is 12.0. The normalized spacial score (nSPS) is 11.5. The second-order valence-corrected chi connectivity index (χ2v) is 5.76. The number of rotatable bonds is 7. The largest absolute Gasteiger partial charge is 0.478 e. The van der Waals surface area contributed by atoms with E-state index >= 15 is 0 Å². The quantitative estimate of drug-likeness (QED) is 0.784. The molecular weight excluding hydrogens is 270 g/mol. The van der Waals surface area contributed by atoms with E-state index in [4.69, 9.17) is 5.11 Å². The smallest absolute Gasteiger partial charge is 0.339 e. The summed E-state index contributed by atoms with van der Waals surface area (Å²) in [6.45, 7) is 2.32. The minimum atomic E-state index is -3.78. The summed E-state index contributed by atoms with van der Waals surface area (Å²) in [6.07, 6.45) is 2.92. The molecule has 0 spiro atoms. The van der Waals surface area contributed by atoms with Crippen LogP contribution in [0.4, 0.5) is 5.82 Å². The highest BCUT2D eigenvalue weighted by Crippen LogP contribution is 2.14. The molecule has 0 radical (unpaired) electrons. The van der Waals surface area contributed by atoms with Crippen LogP contribution in [0.5, 0.6) is 0 Å². The molecule has 1 rings (SSSR count). The molecule has 0 aliphatic rings. The first-order chi connectivity index (χ1) is 8.88. The average Bonchev–Trinajstić information content (AvgIpc) is 2.35. The third-order valence-electron chi connectivity index (χ3n) is 2.50. The lowest BCUT2D eigenvalue weighted by molar-refractivity contribution is 0.0697. The van der Waals surface area contributed by atoms with E-state index in [-0.39, 0.29) is 11.4 Å². The van der Waals surface area contributed by atoms with Crippen molar-refractivity contribution in [2.75, 3.05) is 18.3 Å². The number of hydrogen-bond donors (Lipinski definition) is 2. The highest BCUT2D eigenvalue weighted by molar-refractivity contribution is 7.90. The lowest BCUT2D eigenvalue weighted by atomic mass is 10.3. The summed E-state index contributed by atoms with van der Waals surface area (Å²) in [4.78, 5) is 14.7. The van der Waals surface area contributed by atoms with Crippen molar-refractivity contribution < 1.29 is 18.3 Å². The standard InChI is InChI=1S/C11H17N3O4S/c1-3-4-8-14(2)19(17,18)13-10-9(11(15)16)6-5-7-12-10/h5-7H,3-4,8H2,1-2H3,(H,12,13)(H,15,16). The van der Waals surface area contributed by atoms with Crippen LogP contribution in [0.2, 0.25) is 0 Å². The molecule has 8 heteroatoms. The van der Waals surface area contributed by atoms with Gasteiger partial charge in [0.25, 0.3) is 0 Å². The van der Waals surface area contributed by atoms with Gasteiger partial charge in [0.05, 0.1) is 0 Å². The number of aromatic carboxylic acids is 1. The van der Waals surface area contributed by atoms with Crippen LogP contribution in [0.3, 0.4) is 0 Å². The van der Waals surface area contributed by atoms with Gasteiger partial charge >= 0.3 is 16.2 Å². The molecule has 0 aromatic carbocycles. The molecule has 0 saturated carbocycles. The van der Waals surface area contributed by atoms with E-state index in [9.17, 15) is 13.2 Å². The summed E-state index contributed by atoms with van der Waals surface area (Å²) in [5.41, 5.74) is -0.185. The maximum Gasteiger partial charge on any atom is 0.339 e. The van der Waals surface area contributed by atoms with Gasteiger partial charge in [0.15, 0.2) is 5.82 Å². The molecule has 1 heterocycles. The molecule has 0 saturated heterocycles. The number of anilines is 1. The van der Waals surface area contributed by atoms with Gasteiger partial charge in [-0.3, -0.25) is 4.72 Å². The van der Waals surface area contributed by atoms with Gasteiger partial charge < -0.3 is 5.11 Å². The average molecular weight is 287 g/mol. The van der Waals surface area contributed by atoms with Gasteiger partial charge in [0.1, 0.15) is 5.56 Å². The minimum Gasteiger partial charge on any atom is -0.478 e. The number of carbonyl (C=O) groups is 1. The number of nitrogens with one attached hydrogen (secondary N) is 1. The Balaban J connectivity index is 2.92. The third-order valence-corrected chi connectivity index (χ3v) is 3.96. The lowest BCUT2D eigenvalue weighted by Gasteiger charge is -2.18. The van der Waals surface area contributed by atoms with E-state index in [2.05, 4.69) is 9.71 Å². The predicted octanol–water partition coefficient (Wildman–Crippen LogP) is 1.17. The van der Waals surface area contributed by atoms with Crippen molar-refractivity contribution in [3.8, 4) is 0 Å². The fraction of sp³-hybridized carbons (Fsp3) is 0.455. The Morgan fingerprint density at radius 1 is 1.53 bits per heavy atom. The second-order valence-electron chi connectivity index (χ2n) is 3.99. The molecule has 19 heavy (non-hydrogen) atoms. The number of hydrogen-bond acceptors (Lipinski definition) is 4. The van der Waals surface area contributed by atoms with Gasteiger partial charge in [0.2, 0.25) is 0 Å². The van der Waals surface area contributed by atoms with Gasteiger partial charge in [-0.25, -0.2) is 9.78 Å². The predicted molar refractivity (Wildman–Crippen MR) is 71.3 cm³/mol. The monoisotopic (exact) mass is 287 g/mol. The molecule has 0 aliphatic heterocycles. The van der Waals surface area contributed by atoms with E-state index in [0.29, 0.717) is 6.54 Å². The van der Waals surface area contributed by atoms with Crippen LogP contribution in [-0.2, 0) is 10.2 Å². The summed E-state index contributed by atoms with van der Waals surface area (Å²) in [5, 5.41) is 8.95. The second kappa shape index (κ2) is 6.48. The summed E-state index contributed by atoms with van der Waals surface area (Å²) >= 11 is 0. The van der Waals surface area contributed by atoms with Crippen LogP contribution in [0.1, 0.15) is 30.1 Å². The SMILES string of the molecule is CCCCN(C)S(=O)(=O)Nc1ncccc1C(=O)O. The fourth-order valence-corrected chi connectivity index (χ4v) is 2.29. The number of carboxylic acid groups (broad SMARTS) is 1. The molecule has 0 bridgehead atoms. The topological polar surface area (TPSA) is 99.6 Å². The zero-order valence-corrected chi connectivity index (χ0v) is 11.6. The van der Waals surface area contributed by atoms with Gasteiger partial charge in [-0.15, -0.1) is 0 Å². The van der Waals surface area contributed by atoms with E-state index in [0.717, 1.165) is 17.1 Å². The van der Waals surface area contributed by atoms with Crippen LogP contribution in [0, 0.1) is 0 Å². The number of pyridine rings is 1. The highest BCUT2D eigenvalue weighted by atomic mass is 32.2. The van der Waals surface area contributed by atoms with Crippen molar-refractivity contribution in [3.05, 3.63) is 23.9 Å². The third kappa shape index (κ3) is 4.18. The summed E-state index contributed by atoms with van der Waals surface area (Å²) in [7, 11) is -2.35. The zero-order valence-electron chi connectivity index (χ0n) is 10.8. The Morgan fingerprint density at radius 3 is 2.79 bits per heavy atom. The fourth-order valence-electron chi connectivity index (χ4n) is 1.36. The van der Waals surface area contributed by atoms with Gasteiger partial charge in [-0.1, -0.05) is 13.3 Å². The van der Waals surface area contributed by atoms with Crippen molar-refractivity contribution in [2.45, 2.75) is 19.8 Å². The Labute approximate surface area is 112 Å². The van der Waals surface area contributed by atoms with Crippen molar-refractivity contribution in [1.29, 1.82) is 0 Å². The van der Waals surface area contributed by atoms with Crippen LogP contribution in [-0.4, -0.2) is 42.4 Å². The van der Waals surface area contributed by atoms with E-state index in [1.165, 1.54) is 25.4 Å². The summed E-state index contributed by atoms with van der Waals surface area (Å²) in [6, 6.07) is 2.72. The Hall–Kier alpha value is -1.67. The molecule has 2 N–H and O–H groups in total. The van der Waals surface area contributed by atoms with Crippen LogP contribution in [0.25, 0.3) is 0 Å². The van der Waals surface area contributed by atoms with Crippen LogP contribution < -0.4 is 4.72 Å².